The molecular formula is C18H23NO2. The van der Waals surface area contributed by atoms with Crippen molar-refractivity contribution in [3.8, 4) is 0 Å². The second-order valence-corrected chi connectivity index (χ2v) is 5.99. The summed E-state index contributed by atoms with van der Waals surface area (Å²) >= 11 is 0. The van der Waals surface area contributed by atoms with Crippen LogP contribution in [0, 0.1) is 5.92 Å². The lowest BCUT2D eigenvalue weighted by molar-refractivity contribution is 0.0897. The van der Waals surface area contributed by atoms with Crippen LogP contribution in [0.1, 0.15) is 61.3 Å². The molecule has 1 amide bonds. The molecule has 0 aliphatic heterocycles. The first-order chi connectivity index (χ1) is 9.99. The summed E-state index contributed by atoms with van der Waals surface area (Å²) in [6, 6.07) is 11.8. The maximum atomic E-state index is 12.2. The van der Waals surface area contributed by atoms with Crippen molar-refractivity contribution in [2.45, 2.75) is 39.7 Å². The topological polar surface area (TPSA) is 42.2 Å². The molecule has 3 nitrogen and oxygen atoms in total. The molecule has 0 aliphatic carbocycles. The van der Waals surface area contributed by atoms with E-state index in [1.807, 2.05) is 0 Å². The van der Waals surface area contributed by atoms with Crippen molar-refractivity contribution < 1.29 is 9.21 Å². The number of benzene rings is 1. The van der Waals surface area contributed by atoms with Gasteiger partial charge in [0.15, 0.2) is 5.76 Å². The van der Waals surface area contributed by atoms with Crippen molar-refractivity contribution in [3.05, 3.63) is 59.5 Å². The average Bonchev–Trinajstić information content (AvgIpc) is 2.98. The van der Waals surface area contributed by atoms with Crippen LogP contribution in [-0.4, -0.2) is 5.91 Å². The minimum absolute atomic E-state index is 0.0242. The maximum Gasteiger partial charge on any atom is 0.287 e. The Morgan fingerprint density at radius 2 is 1.62 bits per heavy atom. The molecule has 3 heteroatoms. The van der Waals surface area contributed by atoms with Crippen LogP contribution in [0.2, 0.25) is 0 Å². The Morgan fingerprint density at radius 1 is 1.00 bits per heavy atom. The van der Waals surface area contributed by atoms with Gasteiger partial charge in [0.2, 0.25) is 0 Å². The van der Waals surface area contributed by atoms with Gasteiger partial charge in [0.05, 0.1) is 12.3 Å². The van der Waals surface area contributed by atoms with E-state index in [-0.39, 0.29) is 11.9 Å². The van der Waals surface area contributed by atoms with Gasteiger partial charge in [0.1, 0.15) is 0 Å². The van der Waals surface area contributed by atoms with Gasteiger partial charge in [-0.2, -0.15) is 0 Å². The van der Waals surface area contributed by atoms with Gasteiger partial charge in [0.25, 0.3) is 5.91 Å². The molecule has 112 valence electrons. The Morgan fingerprint density at radius 3 is 2.10 bits per heavy atom. The van der Waals surface area contributed by atoms with Gasteiger partial charge in [-0.15, -0.1) is 0 Å². The van der Waals surface area contributed by atoms with Crippen LogP contribution in [0.25, 0.3) is 0 Å². The van der Waals surface area contributed by atoms with E-state index in [0.717, 1.165) is 5.56 Å². The van der Waals surface area contributed by atoms with Crippen LogP contribution in [0.3, 0.4) is 0 Å². The highest BCUT2D eigenvalue weighted by atomic mass is 16.3. The van der Waals surface area contributed by atoms with Gasteiger partial charge in [-0.1, -0.05) is 52.0 Å². The zero-order chi connectivity index (χ0) is 15.4. The van der Waals surface area contributed by atoms with Crippen LogP contribution in [0.15, 0.2) is 47.1 Å². The summed E-state index contributed by atoms with van der Waals surface area (Å²) in [5.74, 6) is 0.981. The molecule has 2 aromatic rings. The summed E-state index contributed by atoms with van der Waals surface area (Å²) in [6.45, 7) is 8.55. The lowest BCUT2D eigenvalue weighted by Crippen LogP contribution is -2.31. The molecule has 0 saturated heterocycles. The van der Waals surface area contributed by atoms with Crippen LogP contribution in [0.5, 0.6) is 0 Å². The van der Waals surface area contributed by atoms with Crippen molar-refractivity contribution in [1.29, 1.82) is 0 Å². The zero-order valence-electron chi connectivity index (χ0n) is 13.1. The van der Waals surface area contributed by atoms with E-state index in [1.54, 1.807) is 12.1 Å². The highest BCUT2D eigenvalue weighted by Gasteiger charge is 2.20. The average molecular weight is 285 g/mol. The summed E-state index contributed by atoms with van der Waals surface area (Å²) in [5, 5.41) is 3.05. The molecule has 0 bridgehead atoms. The molecule has 1 N–H and O–H groups in total. The minimum atomic E-state index is -0.174. The molecule has 21 heavy (non-hydrogen) atoms. The largest absolute Gasteiger partial charge is 0.459 e. The molecule has 0 fully saturated rings. The van der Waals surface area contributed by atoms with Crippen molar-refractivity contribution in [2.24, 2.45) is 5.92 Å². The number of nitrogens with one attached hydrogen (secondary N) is 1. The Balaban J connectivity index is 2.17. The minimum Gasteiger partial charge on any atom is -0.459 e. The Kier molecular flexibility index (Phi) is 4.84. The Bertz CT molecular complexity index is 568. The maximum absolute atomic E-state index is 12.2. The predicted octanol–water partition coefficient (Wildman–Crippen LogP) is 4.53. The lowest BCUT2D eigenvalue weighted by atomic mass is 9.93. The molecule has 1 aromatic heterocycles. The first kappa shape index (κ1) is 15.4. The van der Waals surface area contributed by atoms with E-state index in [0.29, 0.717) is 17.6 Å². The highest BCUT2D eigenvalue weighted by Crippen LogP contribution is 2.24. The van der Waals surface area contributed by atoms with Gasteiger partial charge >= 0.3 is 0 Å². The Labute approximate surface area is 126 Å². The van der Waals surface area contributed by atoms with E-state index in [9.17, 15) is 4.79 Å². The number of hydrogen-bond donors (Lipinski definition) is 1. The molecule has 2 rings (SSSR count). The van der Waals surface area contributed by atoms with Crippen molar-refractivity contribution in [1.82, 2.24) is 5.32 Å². The van der Waals surface area contributed by atoms with Gasteiger partial charge in [-0.25, -0.2) is 0 Å². The first-order valence-corrected chi connectivity index (χ1v) is 7.43. The number of carbonyl (C=O) groups is 1. The fourth-order valence-corrected chi connectivity index (χ4v) is 2.34. The molecule has 1 unspecified atom stereocenters. The first-order valence-electron chi connectivity index (χ1n) is 7.43. The van der Waals surface area contributed by atoms with Gasteiger partial charge in [-0.05, 0) is 35.1 Å². The number of furan rings is 1. The van der Waals surface area contributed by atoms with E-state index in [4.69, 9.17) is 4.42 Å². The number of rotatable bonds is 5. The molecule has 0 saturated carbocycles. The van der Waals surface area contributed by atoms with E-state index < -0.39 is 0 Å². The smallest absolute Gasteiger partial charge is 0.287 e. The molecule has 1 atom stereocenters. The van der Waals surface area contributed by atoms with Crippen LogP contribution >= 0.6 is 0 Å². The monoisotopic (exact) mass is 285 g/mol. The second-order valence-electron chi connectivity index (χ2n) is 5.99. The van der Waals surface area contributed by atoms with Crippen LogP contribution in [-0.2, 0) is 0 Å². The predicted molar refractivity (Wildman–Crippen MR) is 84.3 cm³/mol. The second kappa shape index (κ2) is 6.61. The molecular weight excluding hydrogens is 262 g/mol. The van der Waals surface area contributed by atoms with Crippen LogP contribution < -0.4 is 5.32 Å². The standard InChI is InChI=1S/C18H23NO2/c1-12(2)14-7-9-15(10-8-14)17(13(3)4)19-18(20)16-6-5-11-21-16/h5-13,17H,1-4H3,(H,19,20). The van der Waals surface area contributed by atoms with Gasteiger partial charge in [-0.3, -0.25) is 4.79 Å². The number of amides is 1. The third-order valence-electron chi connectivity index (χ3n) is 3.66. The fraction of sp³-hybridized carbons (Fsp3) is 0.389. The third kappa shape index (κ3) is 3.75. The van der Waals surface area contributed by atoms with Crippen molar-refractivity contribution >= 4 is 5.91 Å². The molecule has 1 heterocycles. The molecule has 0 aliphatic rings. The van der Waals surface area contributed by atoms with Crippen molar-refractivity contribution in [3.63, 3.8) is 0 Å². The summed E-state index contributed by atoms with van der Waals surface area (Å²) in [5.41, 5.74) is 2.42. The van der Waals surface area contributed by atoms with Crippen molar-refractivity contribution in [2.75, 3.05) is 0 Å². The molecule has 0 radical (unpaired) electrons. The number of hydrogen-bond acceptors (Lipinski definition) is 2. The summed E-state index contributed by atoms with van der Waals surface area (Å²) in [4.78, 5) is 12.2. The molecule has 0 spiro atoms. The SMILES string of the molecule is CC(C)c1ccc(C(NC(=O)c2ccco2)C(C)C)cc1. The van der Waals surface area contributed by atoms with E-state index in [1.165, 1.54) is 11.8 Å². The summed E-state index contributed by atoms with van der Waals surface area (Å²) in [7, 11) is 0. The van der Waals surface area contributed by atoms with E-state index in [2.05, 4.69) is 57.3 Å². The van der Waals surface area contributed by atoms with Gasteiger partial charge in [0, 0.05) is 0 Å². The lowest BCUT2D eigenvalue weighted by Gasteiger charge is -2.23. The summed E-state index contributed by atoms with van der Waals surface area (Å²) < 4.78 is 5.15. The summed E-state index contributed by atoms with van der Waals surface area (Å²) in [6.07, 6.45) is 1.51. The third-order valence-corrected chi connectivity index (χ3v) is 3.66. The molecule has 1 aromatic carbocycles. The Hall–Kier alpha value is -2.03. The number of carbonyl (C=O) groups excluding carboxylic acids is 1. The van der Waals surface area contributed by atoms with Gasteiger partial charge < -0.3 is 9.73 Å². The quantitative estimate of drug-likeness (QED) is 0.877. The highest BCUT2D eigenvalue weighted by molar-refractivity contribution is 5.91. The fourth-order valence-electron chi connectivity index (χ4n) is 2.34. The van der Waals surface area contributed by atoms with Crippen LogP contribution in [0.4, 0.5) is 0 Å². The normalized spacial score (nSPS) is 12.7. The van der Waals surface area contributed by atoms with E-state index >= 15 is 0 Å². The zero-order valence-corrected chi connectivity index (χ0v) is 13.1.